The minimum Gasteiger partial charge on any atom is -0.326 e. The van der Waals surface area contributed by atoms with Crippen molar-refractivity contribution in [2.75, 3.05) is 11.9 Å². The fourth-order valence-electron chi connectivity index (χ4n) is 2.79. The van der Waals surface area contributed by atoms with Crippen molar-refractivity contribution in [3.63, 3.8) is 0 Å². The van der Waals surface area contributed by atoms with Gasteiger partial charge in [-0.05, 0) is 43.2 Å². The van der Waals surface area contributed by atoms with Crippen LogP contribution in [0.25, 0.3) is 0 Å². The lowest BCUT2D eigenvalue weighted by molar-refractivity contribution is -0.116. The van der Waals surface area contributed by atoms with Crippen LogP contribution in [0.4, 0.5) is 5.69 Å². The van der Waals surface area contributed by atoms with Crippen molar-refractivity contribution in [2.24, 2.45) is 0 Å². The second-order valence-corrected chi connectivity index (χ2v) is 8.18. The van der Waals surface area contributed by atoms with Crippen LogP contribution in [0.2, 0.25) is 5.02 Å². The van der Waals surface area contributed by atoms with Crippen molar-refractivity contribution in [1.29, 1.82) is 0 Å². The zero-order valence-corrected chi connectivity index (χ0v) is 15.6. The molecule has 1 N–H and O–H groups in total. The van der Waals surface area contributed by atoms with Crippen molar-refractivity contribution in [2.45, 2.75) is 24.7 Å². The summed E-state index contributed by atoms with van der Waals surface area (Å²) >= 11 is 6.02. The molecule has 0 saturated heterocycles. The smallest absolute Gasteiger partial charge is 0.269 e. The highest BCUT2D eigenvalue weighted by molar-refractivity contribution is 7.90. The first-order valence-corrected chi connectivity index (χ1v) is 9.85. The molecule has 0 unspecified atom stereocenters. The first-order chi connectivity index (χ1) is 12.3. The third-order valence-electron chi connectivity index (χ3n) is 4.22. The van der Waals surface area contributed by atoms with E-state index >= 15 is 0 Å². The number of halogens is 1. The minimum atomic E-state index is -3.83. The third kappa shape index (κ3) is 3.32. The average Bonchev–Trinajstić information content (AvgIpc) is 2.80. The van der Waals surface area contributed by atoms with Crippen LogP contribution in [0, 0.1) is 6.92 Å². The molecule has 1 aliphatic heterocycles. The highest BCUT2D eigenvalue weighted by Gasteiger charge is 2.40. The summed E-state index contributed by atoms with van der Waals surface area (Å²) in [6, 6.07) is 11.3. The molecule has 136 valence electrons. The lowest BCUT2D eigenvalue weighted by Crippen LogP contribution is -2.31. The van der Waals surface area contributed by atoms with E-state index in [-0.39, 0.29) is 35.8 Å². The monoisotopic (exact) mass is 392 g/mol. The fourth-order valence-corrected chi connectivity index (χ4v) is 4.57. The maximum atomic E-state index is 12.4. The molecule has 0 saturated carbocycles. The Balaban J connectivity index is 1.61. The predicted molar refractivity (Wildman–Crippen MR) is 98.7 cm³/mol. The van der Waals surface area contributed by atoms with Gasteiger partial charge < -0.3 is 5.32 Å². The molecule has 0 bridgehead atoms. The SMILES string of the molecule is Cc1c(Cl)cccc1NC(=O)CCCN1C(=O)c2ccccc2S1(=O)=O. The predicted octanol–water partition coefficient (Wildman–Crippen LogP) is 3.21. The molecule has 3 rings (SSSR count). The van der Waals surface area contributed by atoms with Gasteiger partial charge in [0.15, 0.2) is 0 Å². The van der Waals surface area contributed by atoms with Gasteiger partial charge in [0.25, 0.3) is 15.9 Å². The van der Waals surface area contributed by atoms with E-state index in [1.54, 1.807) is 37.3 Å². The molecular weight excluding hydrogens is 376 g/mol. The number of carbonyl (C=O) groups excluding carboxylic acids is 2. The topological polar surface area (TPSA) is 83.6 Å². The Morgan fingerprint density at radius 1 is 1.15 bits per heavy atom. The van der Waals surface area contributed by atoms with Gasteiger partial charge in [-0.15, -0.1) is 0 Å². The van der Waals surface area contributed by atoms with Crippen molar-refractivity contribution in [3.05, 3.63) is 58.6 Å². The van der Waals surface area contributed by atoms with Crippen LogP contribution in [-0.2, 0) is 14.8 Å². The zero-order chi connectivity index (χ0) is 18.9. The lowest BCUT2D eigenvalue weighted by atomic mass is 10.2. The molecule has 26 heavy (non-hydrogen) atoms. The van der Waals surface area contributed by atoms with Crippen LogP contribution >= 0.6 is 11.6 Å². The van der Waals surface area contributed by atoms with E-state index in [0.29, 0.717) is 10.7 Å². The molecule has 1 heterocycles. The van der Waals surface area contributed by atoms with Crippen LogP contribution in [0.3, 0.4) is 0 Å². The van der Waals surface area contributed by atoms with Crippen LogP contribution in [0.15, 0.2) is 47.4 Å². The van der Waals surface area contributed by atoms with E-state index in [0.717, 1.165) is 9.87 Å². The number of nitrogens with one attached hydrogen (secondary N) is 1. The van der Waals surface area contributed by atoms with E-state index < -0.39 is 15.9 Å². The minimum absolute atomic E-state index is 0.0176. The van der Waals surface area contributed by atoms with Gasteiger partial charge in [0.05, 0.1) is 5.56 Å². The summed E-state index contributed by atoms with van der Waals surface area (Å²) < 4.78 is 25.7. The Hall–Kier alpha value is -2.38. The molecule has 0 fully saturated rings. The van der Waals surface area contributed by atoms with Gasteiger partial charge in [0.1, 0.15) is 4.90 Å². The first-order valence-electron chi connectivity index (χ1n) is 8.03. The van der Waals surface area contributed by atoms with Gasteiger partial charge in [-0.1, -0.05) is 29.8 Å². The molecule has 2 aromatic rings. The van der Waals surface area contributed by atoms with Gasteiger partial charge in [0.2, 0.25) is 5.91 Å². The summed E-state index contributed by atoms with van der Waals surface area (Å²) in [5, 5.41) is 3.30. The Labute approximate surface area is 156 Å². The van der Waals surface area contributed by atoms with Gasteiger partial charge >= 0.3 is 0 Å². The molecule has 0 radical (unpaired) electrons. The Morgan fingerprint density at radius 3 is 2.62 bits per heavy atom. The normalized spacial score (nSPS) is 15.0. The number of benzene rings is 2. The van der Waals surface area contributed by atoms with Crippen LogP contribution < -0.4 is 5.32 Å². The second kappa shape index (κ2) is 7.09. The van der Waals surface area contributed by atoms with Gasteiger partial charge in [-0.3, -0.25) is 9.59 Å². The Morgan fingerprint density at radius 2 is 1.88 bits per heavy atom. The summed E-state index contributed by atoms with van der Waals surface area (Å²) in [6.07, 6.45) is 0.312. The van der Waals surface area contributed by atoms with Gasteiger partial charge in [-0.25, -0.2) is 12.7 Å². The summed E-state index contributed by atoms with van der Waals surface area (Å²) in [5.74, 6) is -0.816. The van der Waals surface area contributed by atoms with Crippen molar-refractivity contribution in [3.8, 4) is 0 Å². The zero-order valence-electron chi connectivity index (χ0n) is 14.0. The molecule has 1 aliphatic rings. The molecule has 0 atom stereocenters. The molecule has 2 amide bonds. The van der Waals surface area contributed by atoms with Crippen molar-refractivity contribution < 1.29 is 18.0 Å². The van der Waals surface area contributed by atoms with Crippen LogP contribution in [0.1, 0.15) is 28.8 Å². The number of hydrogen-bond donors (Lipinski definition) is 1. The molecule has 0 spiro atoms. The quantitative estimate of drug-likeness (QED) is 0.846. The number of fused-ring (bicyclic) bond motifs is 1. The van der Waals surface area contributed by atoms with Crippen LogP contribution in [0.5, 0.6) is 0 Å². The fraction of sp³-hybridized carbons (Fsp3) is 0.222. The summed E-state index contributed by atoms with van der Waals surface area (Å²) in [7, 11) is -3.83. The maximum absolute atomic E-state index is 12.4. The number of amides is 2. The molecule has 6 nitrogen and oxygen atoms in total. The highest BCUT2D eigenvalue weighted by Crippen LogP contribution is 2.30. The number of carbonyl (C=O) groups is 2. The second-order valence-electron chi connectivity index (χ2n) is 5.94. The van der Waals surface area contributed by atoms with Crippen molar-refractivity contribution in [1.82, 2.24) is 4.31 Å². The van der Waals surface area contributed by atoms with E-state index in [1.807, 2.05) is 0 Å². The van der Waals surface area contributed by atoms with E-state index in [1.165, 1.54) is 12.1 Å². The van der Waals surface area contributed by atoms with Crippen molar-refractivity contribution >= 4 is 39.1 Å². The lowest BCUT2D eigenvalue weighted by Gasteiger charge is -2.15. The summed E-state index contributed by atoms with van der Waals surface area (Å²) in [6.45, 7) is 1.75. The van der Waals surface area contributed by atoms with Gasteiger partial charge in [-0.2, -0.15) is 0 Å². The molecule has 0 aromatic heterocycles. The highest BCUT2D eigenvalue weighted by atomic mass is 35.5. The largest absolute Gasteiger partial charge is 0.326 e. The number of rotatable bonds is 5. The number of hydrogen-bond acceptors (Lipinski definition) is 4. The Bertz CT molecular complexity index is 988. The standard InChI is InChI=1S/C18H17ClN2O4S/c1-12-14(19)7-4-8-15(12)20-17(22)10-5-11-21-18(23)13-6-2-3-9-16(13)26(21,24)25/h2-4,6-9H,5,10-11H2,1H3,(H,20,22). The number of nitrogens with zero attached hydrogens (tertiary/aromatic N) is 1. The van der Waals surface area contributed by atoms with E-state index in [9.17, 15) is 18.0 Å². The number of sulfonamides is 1. The Kier molecular flexibility index (Phi) is 5.02. The number of anilines is 1. The summed E-state index contributed by atoms with van der Waals surface area (Å²) in [5.41, 5.74) is 1.54. The third-order valence-corrected chi connectivity index (χ3v) is 6.47. The molecular formula is C18H17ClN2O4S. The molecule has 0 aliphatic carbocycles. The molecule has 8 heteroatoms. The summed E-state index contributed by atoms with van der Waals surface area (Å²) in [4.78, 5) is 24.4. The molecule has 2 aromatic carbocycles. The average molecular weight is 393 g/mol. The van der Waals surface area contributed by atoms with E-state index in [2.05, 4.69) is 5.32 Å². The van der Waals surface area contributed by atoms with Gasteiger partial charge in [0, 0.05) is 23.7 Å². The van der Waals surface area contributed by atoms with Crippen LogP contribution in [-0.4, -0.2) is 31.1 Å². The van der Waals surface area contributed by atoms with E-state index in [4.69, 9.17) is 11.6 Å². The first kappa shape index (κ1) is 18.4. The maximum Gasteiger partial charge on any atom is 0.269 e.